The molecule has 1 aromatic rings. The zero-order chi connectivity index (χ0) is 11.0. The largest absolute Gasteiger partial charge is 0.370 e. The third-order valence-electron chi connectivity index (χ3n) is 3.38. The molecule has 2 atom stereocenters. The van der Waals surface area contributed by atoms with Crippen molar-refractivity contribution < 1.29 is 0 Å². The Labute approximate surface area is 96.0 Å². The fourth-order valence-corrected chi connectivity index (χ4v) is 2.72. The maximum atomic E-state index is 6.20. The van der Waals surface area contributed by atoms with E-state index in [0.29, 0.717) is 12.0 Å². The van der Waals surface area contributed by atoms with Crippen LogP contribution in [-0.2, 0) is 6.42 Å². The summed E-state index contributed by atoms with van der Waals surface area (Å²) in [6, 6.07) is 6.61. The minimum absolute atomic E-state index is 0.491. The number of hydrogen-bond donors (Lipinski definition) is 1. The normalized spacial score (nSPS) is 21.6. The molecule has 1 aromatic carbocycles. The minimum atomic E-state index is 0.491. The van der Waals surface area contributed by atoms with E-state index in [1.807, 2.05) is 12.1 Å². The molecule has 0 aliphatic carbocycles. The highest BCUT2D eigenvalue weighted by molar-refractivity contribution is 6.33. The zero-order valence-corrected chi connectivity index (χ0v) is 9.96. The van der Waals surface area contributed by atoms with E-state index in [2.05, 4.69) is 24.9 Å². The molecule has 1 heterocycles. The smallest absolute Gasteiger partial charge is 0.0642 e. The number of nitrogens with zero attached hydrogens (tertiary/aromatic N) is 1. The number of nitrogens with two attached hydrogens (primary N) is 1. The van der Waals surface area contributed by atoms with Crippen LogP contribution in [0.15, 0.2) is 18.2 Å². The third kappa shape index (κ3) is 1.72. The van der Waals surface area contributed by atoms with E-state index in [0.717, 1.165) is 18.0 Å². The van der Waals surface area contributed by atoms with Crippen molar-refractivity contribution in [2.75, 3.05) is 18.5 Å². The van der Waals surface area contributed by atoms with Crippen LogP contribution in [0.25, 0.3) is 0 Å². The molecule has 2 nitrogen and oxygen atoms in total. The van der Waals surface area contributed by atoms with E-state index in [1.54, 1.807) is 0 Å². The molecule has 82 valence electrons. The van der Waals surface area contributed by atoms with Crippen molar-refractivity contribution in [3.05, 3.63) is 28.8 Å². The second kappa shape index (κ2) is 4.03. The molecule has 1 aliphatic heterocycles. The molecule has 2 N–H and O–H groups in total. The molecule has 0 amide bonds. The van der Waals surface area contributed by atoms with Gasteiger partial charge in [0.05, 0.1) is 10.7 Å². The highest BCUT2D eigenvalue weighted by atomic mass is 35.5. The highest BCUT2D eigenvalue weighted by Gasteiger charge is 2.31. The Hall–Kier alpha value is -0.730. The summed E-state index contributed by atoms with van der Waals surface area (Å²) in [7, 11) is 2.11. The first-order valence-corrected chi connectivity index (χ1v) is 5.73. The van der Waals surface area contributed by atoms with E-state index in [9.17, 15) is 0 Å². The Morgan fingerprint density at radius 2 is 2.33 bits per heavy atom. The first-order chi connectivity index (χ1) is 7.15. The van der Waals surface area contributed by atoms with Crippen LogP contribution in [0, 0.1) is 5.92 Å². The Balaban J connectivity index is 2.33. The summed E-state index contributed by atoms with van der Waals surface area (Å²) in [6.07, 6.45) is 1.06. The minimum Gasteiger partial charge on any atom is -0.370 e. The molecule has 0 saturated carbocycles. The Bertz CT molecular complexity index is 365. The summed E-state index contributed by atoms with van der Waals surface area (Å²) in [5, 5.41) is 0.849. The van der Waals surface area contributed by atoms with Gasteiger partial charge in [-0.25, -0.2) is 0 Å². The number of halogens is 1. The summed E-state index contributed by atoms with van der Waals surface area (Å²) in [4.78, 5) is 2.27. The van der Waals surface area contributed by atoms with Crippen LogP contribution in [0.2, 0.25) is 5.02 Å². The van der Waals surface area contributed by atoms with Crippen molar-refractivity contribution in [2.24, 2.45) is 11.7 Å². The lowest BCUT2D eigenvalue weighted by atomic mass is 9.98. The molecule has 0 radical (unpaired) electrons. The molecule has 15 heavy (non-hydrogen) atoms. The summed E-state index contributed by atoms with van der Waals surface area (Å²) in [5.74, 6) is 0.499. The SMILES string of the molecule is CC(CN)C1Cc2cccc(Cl)c2N1C. The average Bonchev–Trinajstić information content (AvgIpc) is 2.56. The predicted molar refractivity (Wildman–Crippen MR) is 65.6 cm³/mol. The van der Waals surface area contributed by atoms with Crippen LogP contribution in [-0.4, -0.2) is 19.6 Å². The van der Waals surface area contributed by atoms with Crippen LogP contribution in [0.1, 0.15) is 12.5 Å². The van der Waals surface area contributed by atoms with E-state index < -0.39 is 0 Å². The number of para-hydroxylation sites is 1. The Morgan fingerprint density at radius 3 is 2.93 bits per heavy atom. The molecule has 0 spiro atoms. The van der Waals surface area contributed by atoms with Crippen molar-refractivity contribution in [1.82, 2.24) is 0 Å². The lowest BCUT2D eigenvalue weighted by Gasteiger charge is -2.27. The van der Waals surface area contributed by atoms with Crippen LogP contribution in [0.3, 0.4) is 0 Å². The number of rotatable bonds is 2. The first kappa shape index (κ1) is 10.8. The van der Waals surface area contributed by atoms with Crippen LogP contribution < -0.4 is 10.6 Å². The lowest BCUT2D eigenvalue weighted by Crippen LogP contribution is -2.37. The van der Waals surface area contributed by atoms with E-state index in [4.69, 9.17) is 17.3 Å². The van der Waals surface area contributed by atoms with Gasteiger partial charge in [-0.3, -0.25) is 0 Å². The van der Waals surface area contributed by atoms with Crippen molar-refractivity contribution in [3.8, 4) is 0 Å². The topological polar surface area (TPSA) is 29.3 Å². The van der Waals surface area contributed by atoms with E-state index in [-0.39, 0.29) is 0 Å². The second-order valence-corrected chi connectivity index (χ2v) is 4.75. The monoisotopic (exact) mass is 224 g/mol. The third-order valence-corrected chi connectivity index (χ3v) is 3.68. The van der Waals surface area contributed by atoms with Crippen molar-refractivity contribution in [3.63, 3.8) is 0 Å². The number of hydrogen-bond acceptors (Lipinski definition) is 2. The summed E-state index contributed by atoms with van der Waals surface area (Å²) >= 11 is 6.20. The zero-order valence-electron chi connectivity index (χ0n) is 9.20. The number of benzene rings is 1. The van der Waals surface area contributed by atoms with Gasteiger partial charge in [0.2, 0.25) is 0 Å². The van der Waals surface area contributed by atoms with Crippen molar-refractivity contribution in [2.45, 2.75) is 19.4 Å². The van der Waals surface area contributed by atoms with Gasteiger partial charge in [0.1, 0.15) is 0 Å². The van der Waals surface area contributed by atoms with Gasteiger partial charge in [0.25, 0.3) is 0 Å². The van der Waals surface area contributed by atoms with E-state index >= 15 is 0 Å². The molecule has 2 unspecified atom stereocenters. The maximum absolute atomic E-state index is 6.20. The number of fused-ring (bicyclic) bond motifs is 1. The van der Waals surface area contributed by atoms with Crippen molar-refractivity contribution in [1.29, 1.82) is 0 Å². The van der Waals surface area contributed by atoms with Gasteiger partial charge < -0.3 is 10.6 Å². The van der Waals surface area contributed by atoms with Gasteiger partial charge in [-0.15, -0.1) is 0 Å². The predicted octanol–water partition coefficient (Wildman–Crippen LogP) is 2.30. The fraction of sp³-hybridized carbons (Fsp3) is 0.500. The number of anilines is 1. The maximum Gasteiger partial charge on any atom is 0.0642 e. The highest BCUT2D eigenvalue weighted by Crippen LogP contribution is 2.38. The fourth-order valence-electron chi connectivity index (χ4n) is 2.39. The van der Waals surface area contributed by atoms with Gasteiger partial charge in [-0.1, -0.05) is 30.7 Å². The van der Waals surface area contributed by atoms with Gasteiger partial charge in [0, 0.05) is 13.1 Å². The molecular weight excluding hydrogens is 208 g/mol. The second-order valence-electron chi connectivity index (χ2n) is 4.34. The van der Waals surface area contributed by atoms with Crippen LogP contribution in [0.4, 0.5) is 5.69 Å². The summed E-state index contributed by atoms with van der Waals surface area (Å²) < 4.78 is 0. The quantitative estimate of drug-likeness (QED) is 0.836. The molecule has 0 bridgehead atoms. The van der Waals surface area contributed by atoms with Crippen LogP contribution >= 0.6 is 11.6 Å². The number of likely N-dealkylation sites (N-methyl/N-ethyl adjacent to an activating group) is 1. The van der Waals surface area contributed by atoms with Gasteiger partial charge in [-0.2, -0.15) is 0 Å². The Morgan fingerprint density at radius 1 is 1.60 bits per heavy atom. The molecule has 0 saturated heterocycles. The molecule has 2 rings (SSSR count). The first-order valence-electron chi connectivity index (χ1n) is 5.35. The van der Waals surface area contributed by atoms with Gasteiger partial charge in [-0.05, 0) is 30.5 Å². The molecular formula is C12H17ClN2. The lowest BCUT2D eigenvalue weighted by molar-refractivity contribution is 0.462. The standard InChI is InChI=1S/C12H17ClN2/c1-8(7-14)11-6-9-4-3-5-10(13)12(9)15(11)2/h3-5,8,11H,6-7,14H2,1-2H3. The Kier molecular flexibility index (Phi) is 2.89. The summed E-state index contributed by atoms with van der Waals surface area (Å²) in [6.45, 7) is 2.92. The van der Waals surface area contributed by atoms with Crippen molar-refractivity contribution >= 4 is 17.3 Å². The molecule has 0 aromatic heterocycles. The summed E-state index contributed by atoms with van der Waals surface area (Å²) in [5.41, 5.74) is 8.25. The van der Waals surface area contributed by atoms with Gasteiger partial charge in [0.15, 0.2) is 0 Å². The average molecular weight is 225 g/mol. The molecule has 3 heteroatoms. The molecule has 1 aliphatic rings. The van der Waals surface area contributed by atoms with E-state index in [1.165, 1.54) is 11.3 Å². The molecule has 0 fully saturated rings. The van der Waals surface area contributed by atoms with Crippen LogP contribution in [0.5, 0.6) is 0 Å². The van der Waals surface area contributed by atoms with Gasteiger partial charge >= 0.3 is 0 Å².